The van der Waals surface area contributed by atoms with Crippen LogP contribution in [0.15, 0.2) is 0 Å². The summed E-state index contributed by atoms with van der Waals surface area (Å²) in [5.74, 6) is -4.37. The number of unbranched alkanes of at least 4 members (excludes halogenated alkanes) is 1. The molecule has 0 saturated heterocycles. The Balaban J connectivity index is 3.83. The van der Waals surface area contributed by atoms with Crippen LogP contribution in [0, 0.1) is 10.8 Å². The van der Waals surface area contributed by atoms with Crippen LogP contribution in [0.3, 0.4) is 0 Å². The fourth-order valence-corrected chi connectivity index (χ4v) is 5.97. The summed E-state index contributed by atoms with van der Waals surface area (Å²) < 4.78 is 21.6. The monoisotopic (exact) mass is 859 g/mol. The highest BCUT2D eigenvalue weighted by atomic mass is 16.5. The van der Waals surface area contributed by atoms with E-state index in [4.69, 9.17) is 24.1 Å². The summed E-state index contributed by atoms with van der Waals surface area (Å²) in [4.78, 5) is 108. The summed E-state index contributed by atoms with van der Waals surface area (Å²) in [5, 5.41) is 29.4. The molecule has 0 aliphatic carbocycles. The maximum absolute atomic E-state index is 12.9. The lowest BCUT2D eigenvalue weighted by Crippen LogP contribution is -2.47. The average molecular weight is 860 g/mol. The highest BCUT2D eigenvalue weighted by Crippen LogP contribution is 2.36. The molecular formula is C40H69N5O15. The van der Waals surface area contributed by atoms with Crippen molar-refractivity contribution in [3.63, 3.8) is 0 Å². The predicted molar refractivity (Wildman–Crippen MR) is 217 cm³/mol. The fourth-order valence-electron chi connectivity index (χ4n) is 5.97. The van der Waals surface area contributed by atoms with Gasteiger partial charge in [-0.3, -0.25) is 38.4 Å². The third-order valence-corrected chi connectivity index (χ3v) is 8.58. The van der Waals surface area contributed by atoms with Crippen LogP contribution in [0.1, 0.15) is 99.3 Å². The van der Waals surface area contributed by atoms with E-state index in [-0.39, 0.29) is 147 Å². The number of carboxylic acids is 2. The maximum atomic E-state index is 12.9. The first-order chi connectivity index (χ1) is 28.1. The Hall–Kier alpha value is -4.53. The van der Waals surface area contributed by atoms with Crippen molar-refractivity contribution >= 4 is 53.0 Å². The van der Waals surface area contributed by atoms with Crippen molar-refractivity contribution in [2.45, 2.75) is 105 Å². The molecule has 20 nitrogen and oxygen atoms in total. The van der Waals surface area contributed by atoms with Gasteiger partial charge in [0.1, 0.15) is 17.6 Å². The maximum Gasteiger partial charge on any atom is 0.326 e. The molecule has 0 aliphatic rings. The largest absolute Gasteiger partial charge is 0.481 e. The third kappa shape index (κ3) is 30.5. The Morgan fingerprint density at radius 3 is 1.48 bits per heavy atom. The number of aliphatic carboxylic acids is 2. The Morgan fingerprint density at radius 2 is 1.03 bits per heavy atom. The molecule has 1 atom stereocenters. The minimum absolute atomic E-state index is 0.0848. The van der Waals surface area contributed by atoms with Gasteiger partial charge in [0, 0.05) is 50.7 Å². The van der Waals surface area contributed by atoms with Gasteiger partial charge in [0.25, 0.3) is 0 Å². The van der Waals surface area contributed by atoms with Crippen molar-refractivity contribution in [1.29, 1.82) is 0 Å². The molecule has 60 heavy (non-hydrogen) atoms. The topological polar surface area (TPSA) is 282 Å². The standard InChI is InChI=1S/C40H69N5O15/c1-29(46)26-45(27-30(2)47)35(51)11-10-32(48)42-15-19-59-23-22-58-18-13-34(50)43-16-20-60-24-21-57-17-12-33(49)41-14-8-7-9-31(37(54)55)44-38(56)40(5,6)28-39(3,4)25-36(52)53/h31H,7-28H2,1-6H3,(H,41,49)(H,42,48)(H,43,50)(H,44,56)(H,52,53)(H,54,55)/t31-/m0/s1. The van der Waals surface area contributed by atoms with Gasteiger partial charge in [-0.1, -0.05) is 27.7 Å². The SMILES string of the molecule is CC(=O)CN(CC(C)=O)C(=O)CCC(=O)NCCOCCOCCC(=O)NCCOCCOCCC(=O)NCCCC[C@H](NC(=O)C(C)(C)CC(C)(C)CC(=O)O)C(=O)O. The first-order valence-electron chi connectivity index (χ1n) is 20.3. The average Bonchev–Trinajstić information content (AvgIpc) is 3.13. The second-order valence-electron chi connectivity index (χ2n) is 15.8. The summed E-state index contributed by atoms with van der Waals surface area (Å²) in [5.41, 5.74) is -1.63. The Kier molecular flexibility index (Phi) is 29.0. The zero-order valence-electron chi connectivity index (χ0n) is 36.3. The van der Waals surface area contributed by atoms with Crippen LogP contribution in [0.2, 0.25) is 0 Å². The van der Waals surface area contributed by atoms with E-state index in [9.17, 15) is 48.3 Å². The summed E-state index contributed by atoms with van der Waals surface area (Å²) >= 11 is 0. The molecule has 0 aliphatic heterocycles. The van der Waals surface area contributed by atoms with E-state index in [2.05, 4.69) is 21.3 Å². The van der Waals surface area contributed by atoms with Crippen LogP contribution < -0.4 is 21.3 Å². The number of hydrogen-bond acceptors (Lipinski definition) is 13. The van der Waals surface area contributed by atoms with Gasteiger partial charge in [-0.25, -0.2) is 4.79 Å². The molecule has 0 fully saturated rings. The number of hydrogen-bond donors (Lipinski definition) is 6. The summed E-state index contributed by atoms with van der Waals surface area (Å²) in [6, 6.07) is -1.11. The van der Waals surface area contributed by atoms with Crippen LogP contribution in [0.25, 0.3) is 0 Å². The number of carbonyl (C=O) groups excluding carboxylic acids is 7. The van der Waals surface area contributed by atoms with Gasteiger partial charge < -0.3 is 55.3 Å². The van der Waals surface area contributed by atoms with Crippen molar-refractivity contribution in [3.8, 4) is 0 Å². The van der Waals surface area contributed by atoms with Crippen molar-refractivity contribution < 1.29 is 72.3 Å². The number of amides is 5. The molecule has 0 heterocycles. The molecule has 6 N–H and O–H groups in total. The minimum Gasteiger partial charge on any atom is -0.481 e. The van der Waals surface area contributed by atoms with Crippen molar-refractivity contribution in [2.75, 3.05) is 85.6 Å². The Bertz CT molecular complexity index is 1370. The molecule has 0 spiro atoms. The normalized spacial score (nSPS) is 11.9. The van der Waals surface area contributed by atoms with Crippen LogP contribution in [0.5, 0.6) is 0 Å². The van der Waals surface area contributed by atoms with Crippen LogP contribution in [-0.4, -0.2) is 160 Å². The van der Waals surface area contributed by atoms with E-state index >= 15 is 0 Å². The van der Waals surface area contributed by atoms with E-state index in [0.717, 1.165) is 4.90 Å². The first kappa shape index (κ1) is 55.5. The minimum atomic E-state index is -1.17. The Morgan fingerprint density at radius 1 is 0.583 bits per heavy atom. The fraction of sp³-hybridized carbons (Fsp3) is 0.775. The zero-order valence-corrected chi connectivity index (χ0v) is 36.3. The van der Waals surface area contributed by atoms with E-state index in [0.29, 0.717) is 25.9 Å². The number of nitrogens with one attached hydrogen (secondary N) is 4. The van der Waals surface area contributed by atoms with Gasteiger partial charge in [0.15, 0.2) is 0 Å². The van der Waals surface area contributed by atoms with E-state index in [1.54, 1.807) is 27.7 Å². The van der Waals surface area contributed by atoms with Crippen LogP contribution >= 0.6 is 0 Å². The predicted octanol–water partition coefficient (Wildman–Crippen LogP) is 0.625. The number of Topliss-reactive ketones (excluding diaryl/α,β-unsaturated/α-hetero) is 2. The van der Waals surface area contributed by atoms with Gasteiger partial charge >= 0.3 is 11.9 Å². The molecule has 0 aromatic carbocycles. The molecule has 0 aromatic heterocycles. The van der Waals surface area contributed by atoms with Crippen molar-refractivity contribution in [1.82, 2.24) is 26.2 Å². The smallest absolute Gasteiger partial charge is 0.326 e. The first-order valence-corrected chi connectivity index (χ1v) is 20.3. The molecular weight excluding hydrogens is 790 g/mol. The Labute approximate surface area is 352 Å². The van der Waals surface area contributed by atoms with Crippen LogP contribution in [0.4, 0.5) is 0 Å². The number of nitrogens with zero attached hydrogens (tertiary/aromatic N) is 1. The molecule has 5 amide bonds. The highest BCUT2D eigenvalue weighted by Gasteiger charge is 2.37. The zero-order chi connectivity index (χ0) is 45.6. The number of rotatable bonds is 37. The van der Waals surface area contributed by atoms with E-state index in [1.165, 1.54) is 13.8 Å². The van der Waals surface area contributed by atoms with Crippen molar-refractivity contribution in [3.05, 3.63) is 0 Å². The van der Waals surface area contributed by atoms with Crippen molar-refractivity contribution in [2.24, 2.45) is 10.8 Å². The highest BCUT2D eigenvalue weighted by molar-refractivity contribution is 5.90. The molecule has 0 aromatic rings. The number of carboxylic acid groups (broad SMARTS) is 2. The lowest BCUT2D eigenvalue weighted by Gasteiger charge is -2.33. The van der Waals surface area contributed by atoms with Gasteiger partial charge in [-0.2, -0.15) is 0 Å². The lowest BCUT2D eigenvalue weighted by atomic mass is 9.73. The molecule has 344 valence electrons. The number of carbonyl (C=O) groups is 9. The number of ether oxygens (including phenoxy) is 4. The molecule has 20 heteroatoms. The lowest BCUT2D eigenvalue weighted by molar-refractivity contribution is -0.144. The second-order valence-corrected chi connectivity index (χ2v) is 15.8. The second kappa shape index (κ2) is 31.4. The molecule has 0 unspecified atom stereocenters. The summed E-state index contributed by atoms with van der Waals surface area (Å²) in [6.45, 7) is 11.8. The molecule has 0 radical (unpaired) electrons. The van der Waals surface area contributed by atoms with Gasteiger partial charge in [0.2, 0.25) is 29.5 Å². The van der Waals surface area contributed by atoms with E-state index < -0.39 is 40.6 Å². The molecule has 0 rings (SSSR count). The van der Waals surface area contributed by atoms with E-state index in [1.807, 2.05) is 0 Å². The van der Waals surface area contributed by atoms with Gasteiger partial charge in [0.05, 0.1) is 72.4 Å². The van der Waals surface area contributed by atoms with Crippen LogP contribution in [-0.2, 0) is 62.1 Å². The van der Waals surface area contributed by atoms with Gasteiger partial charge in [-0.05, 0) is 44.9 Å². The molecule has 0 bridgehead atoms. The molecule has 0 saturated carbocycles. The quantitative estimate of drug-likeness (QED) is 0.0467. The summed E-state index contributed by atoms with van der Waals surface area (Å²) in [6.07, 6.45) is 1.32. The third-order valence-electron chi connectivity index (χ3n) is 8.58. The summed E-state index contributed by atoms with van der Waals surface area (Å²) in [7, 11) is 0. The number of ketones is 2. The van der Waals surface area contributed by atoms with Gasteiger partial charge in [-0.15, -0.1) is 0 Å².